The number of carbonyl (C=O) groups is 2. The van der Waals surface area contributed by atoms with Crippen LogP contribution in [0.4, 0.5) is 5.69 Å². The highest BCUT2D eigenvalue weighted by Crippen LogP contribution is 2.31. The normalized spacial score (nSPS) is 14.1. The summed E-state index contributed by atoms with van der Waals surface area (Å²) in [6.07, 6.45) is 5.30. The maximum absolute atomic E-state index is 12.9. The zero-order valence-electron chi connectivity index (χ0n) is 17.3. The number of aryl methyl sites for hydroxylation is 1. The standard InChI is InChI=1S/C23H22N4O4/c1-14-20-17(26-27-22(28)15-10-12-24-13-11-15)7-5-9-19(20)31-21(14)23(29)25-16-6-3-4-8-18(16)30-2/h3-4,6,8,10-13H,5,7,9H2,1-2H3,(H,25,29)(H,27,28)/b26-17+. The van der Waals surface area contributed by atoms with E-state index < -0.39 is 0 Å². The zero-order valence-corrected chi connectivity index (χ0v) is 17.3. The molecule has 0 aliphatic heterocycles. The first-order chi connectivity index (χ1) is 15.1. The minimum Gasteiger partial charge on any atom is -0.495 e. The molecule has 3 aromatic rings. The van der Waals surface area contributed by atoms with Crippen molar-refractivity contribution >= 4 is 23.2 Å². The molecule has 1 aliphatic carbocycles. The van der Waals surface area contributed by atoms with E-state index in [-0.39, 0.29) is 17.6 Å². The van der Waals surface area contributed by atoms with Crippen LogP contribution >= 0.6 is 0 Å². The van der Waals surface area contributed by atoms with E-state index in [1.807, 2.05) is 19.1 Å². The Morgan fingerprint density at radius 1 is 1.10 bits per heavy atom. The van der Waals surface area contributed by atoms with Crippen molar-refractivity contribution in [2.24, 2.45) is 5.10 Å². The Morgan fingerprint density at radius 2 is 1.87 bits per heavy atom. The lowest BCUT2D eigenvalue weighted by Crippen LogP contribution is -2.22. The molecule has 0 saturated carbocycles. The number of ether oxygens (including phenoxy) is 1. The summed E-state index contributed by atoms with van der Waals surface area (Å²) < 4.78 is 11.2. The highest BCUT2D eigenvalue weighted by atomic mass is 16.5. The van der Waals surface area contributed by atoms with Gasteiger partial charge in [-0.2, -0.15) is 5.10 Å². The number of rotatable bonds is 5. The summed E-state index contributed by atoms with van der Waals surface area (Å²) in [5.41, 5.74) is 5.79. The van der Waals surface area contributed by atoms with Crippen LogP contribution in [0.25, 0.3) is 0 Å². The number of nitrogens with zero attached hydrogens (tertiary/aromatic N) is 2. The number of hydrogen-bond acceptors (Lipinski definition) is 6. The van der Waals surface area contributed by atoms with E-state index in [4.69, 9.17) is 9.15 Å². The number of aromatic nitrogens is 1. The Balaban J connectivity index is 1.58. The molecular formula is C23H22N4O4. The molecule has 2 N–H and O–H groups in total. The molecule has 2 aromatic heterocycles. The molecule has 0 bridgehead atoms. The smallest absolute Gasteiger partial charge is 0.291 e. The monoisotopic (exact) mass is 418 g/mol. The number of pyridine rings is 1. The number of methoxy groups -OCH3 is 1. The lowest BCUT2D eigenvalue weighted by atomic mass is 9.93. The number of fused-ring (bicyclic) bond motifs is 1. The number of amides is 2. The van der Waals surface area contributed by atoms with Gasteiger partial charge in [0.2, 0.25) is 0 Å². The van der Waals surface area contributed by atoms with Gasteiger partial charge in [-0.25, -0.2) is 5.43 Å². The second-order valence-electron chi connectivity index (χ2n) is 7.10. The van der Waals surface area contributed by atoms with Gasteiger partial charge in [-0.15, -0.1) is 0 Å². The molecule has 8 nitrogen and oxygen atoms in total. The van der Waals surface area contributed by atoms with Gasteiger partial charge in [0.1, 0.15) is 11.5 Å². The number of para-hydroxylation sites is 2. The van der Waals surface area contributed by atoms with Crippen LogP contribution in [0, 0.1) is 6.92 Å². The number of hydrogen-bond donors (Lipinski definition) is 2. The molecule has 31 heavy (non-hydrogen) atoms. The van der Waals surface area contributed by atoms with Crippen LogP contribution < -0.4 is 15.5 Å². The van der Waals surface area contributed by atoms with Crippen molar-refractivity contribution < 1.29 is 18.7 Å². The molecule has 0 atom stereocenters. The number of anilines is 1. The van der Waals surface area contributed by atoms with Gasteiger partial charge in [-0.1, -0.05) is 12.1 Å². The molecule has 2 heterocycles. The van der Waals surface area contributed by atoms with E-state index in [1.165, 1.54) is 0 Å². The minimum atomic E-state index is -0.364. The third kappa shape index (κ3) is 4.18. The van der Waals surface area contributed by atoms with Crippen molar-refractivity contribution in [1.29, 1.82) is 0 Å². The van der Waals surface area contributed by atoms with E-state index in [0.29, 0.717) is 46.9 Å². The van der Waals surface area contributed by atoms with Crippen molar-refractivity contribution in [3.05, 3.63) is 77.0 Å². The predicted molar refractivity (Wildman–Crippen MR) is 116 cm³/mol. The molecule has 0 spiro atoms. The van der Waals surface area contributed by atoms with E-state index in [1.54, 1.807) is 43.8 Å². The number of furan rings is 1. The first-order valence-electron chi connectivity index (χ1n) is 9.92. The van der Waals surface area contributed by atoms with Crippen LogP contribution in [0.1, 0.15) is 50.6 Å². The number of nitrogens with one attached hydrogen (secondary N) is 2. The Kier molecular flexibility index (Phi) is 5.79. The summed E-state index contributed by atoms with van der Waals surface area (Å²) in [7, 11) is 1.55. The van der Waals surface area contributed by atoms with Crippen molar-refractivity contribution in [2.75, 3.05) is 12.4 Å². The van der Waals surface area contributed by atoms with Gasteiger partial charge in [-0.05, 0) is 44.0 Å². The van der Waals surface area contributed by atoms with Gasteiger partial charge in [0.05, 0.1) is 18.5 Å². The lowest BCUT2D eigenvalue weighted by Gasteiger charge is -2.13. The Bertz CT molecular complexity index is 1150. The maximum atomic E-state index is 12.9. The SMILES string of the molecule is COc1ccccc1NC(=O)c1oc2c(c1C)/C(=N/NC(=O)c1ccncc1)CCC2. The maximum Gasteiger partial charge on any atom is 0.291 e. The highest BCUT2D eigenvalue weighted by molar-refractivity contribution is 6.10. The molecule has 2 amide bonds. The van der Waals surface area contributed by atoms with Crippen molar-refractivity contribution in [2.45, 2.75) is 26.2 Å². The fourth-order valence-electron chi connectivity index (χ4n) is 3.61. The largest absolute Gasteiger partial charge is 0.495 e. The third-order valence-electron chi connectivity index (χ3n) is 5.12. The number of carbonyl (C=O) groups excluding carboxylic acids is 2. The van der Waals surface area contributed by atoms with E-state index in [2.05, 4.69) is 20.8 Å². The first-order valence-corrected chi connectivity index (χ1v) is 9.92. The van der Waals surface area contributed by atoms with E-state index in [9.17, 15) is 9.59 Å². The van der Waals surface area contributed by atoms with Gasteiger partial charge in [0.15, 0.2) is 5.76 Å². The first kappa shape index (κ1) is 20.3. The molecule has 0 unspecified atom stereocenters. The molecule has 158 valence electrons. The number of hydrazone groups is 1. The predicted octanol–water partition coefficient (Wildman–Crippen LogP) is 3.71. The summed E-state index contributed by atoms with van der Waals surface area (Å²) >= 11 is 0. The van der Waals surface area contributed by atoms with Crippen LogP contribution in [0.2, 0.25) is 0 Å². The van der Waals surface area contributed by atoms with Crippen LogP contribution in [-0.4, -0.2) is 29.6 Å². The van der Waals surface area contributed by atoms with E-state index >= 15 is 0 Å². The van der Waals surface area contributed by atoms with Gasteiger partial charge in [0.25, 0.3) is 11.8 Å². The summed E-state index contributed by atoms with van der Waals surface area (Å²) in [5, 5.41) is 7.17. The second kappa shape index (κ2) is 8.83. The van der Waals surface area contributed by atoms with E-state index in [0.717, 1.165) is 12.0 Å². The second-order valence-corrected chi connectivity index (χ2v) is 7.10. The molecule has 4 rings (SSSR count). The van der Waals surface area contributed by atoms with Crippen LogP contribution in [0.3, 0.4) is 0 Å². The van der Waals surface area contributed by atoms with Crippen molar-refractivity contribution in [3.63, 3.8) is 0 Å². The third-order valence-corrected chi connectivity index (χ3v) is 5.12. The zero-order chi connectivity index (χ0) is 21.8. The quantitative estimate of drug-likeness (QED) is 0.615. The fraction of sp³-hybridized carbons (Fsp3) is 0.217. The summed E-state index contributed by atoms with van der Waals surface area (Å²) in [6, 6.07) is 10.4. The molecule has 0 radical (unpaired) electrons. The van der Waals surface area contributed by atoms with Crippen LogP contribution in [0.5, 0.6) is 5.75 Å². The van der Waals surface area contributed by atoms with Crippen molar-refractivity contribution in [3.8, 4) is 5.75 Å². The molecule has 0 saturated heterocycles. The Morgan fingerprint density at radius 3 is 2.65 bits per heavy atom. The van der Waals surface area contributed by atoms with Gasteiger partial charge < -0.3 is 14.5 Å². The van der Waals surface area contributed by atoms with Crippen LogP contribution in [-0.2, 0) is 6.42 Å². The molecule has 1 aromatic carbocycles. The molecule has 0 fully saturated rings. The summed E-state index contributed by atoms with van der Waals surface area (Å²) in [6.45, 7) is 1.82. The molecular weight excluding hydrogens is 396 g/mol. The van der Waals surface area contributed by atoms with Crippen LogP contribution in [0.15, 0.2) is 58.3 Å². The topological polar surface area (TPSA) is 106 Å². The molecule has 8 heteroatoms. The minimum absolute atomic E-state index is 0.228. The van der Waals surface area contributed by atoms with Gasteiger partial charge in [0, 0.05) is 35.5 Å². The average molecular weight is 418 g/mol. The fourth-order valence-corrected chi connectivity index (χ4v) is 3.61. The summed E-state index contributed by atoms with van der Waals surface area (Å²) in [4.78, 5) is 29.1. The lowest BCUT2D eigenvalue weighted by molar-refractivity contribution is 0.0953. The number of benzene rings is 1. The summed E-state index contributed by atoms with van der Waals surface area (Å²) in [5.74, 6) is 0.802. The Labute approximate surface area is 179 Å². The van der Waals surface area contributed by atoms with Crippen molar-refractivity contribution in [1.82, 2.24) is 10.4 Å². The highest BCUT2D eigenvalue weighted by Gasteiger charge is 2.28. The van der Waals surface area contributed by atoms with Gasteiger partial charge in [-0.3, -0.25) is 14.6 Å². The van der Waals surface area contributed by atoms with Gasteiger partial charge >= 0.3 is 0 Å². The Hall–Kier alpha value is -3.94. The molecule has 1 aliphatic rings. The average Bonchev–Trinajstić information content (AvgIpc) is 3.15.